The van der Waals surface area contributed by atoms with Crippen molar-refractivity contribution in [2.75, 3.05) is 19.8 Å². The second kappa shape index (κ2) is 30.0. The van der Waals surface area contributed by atoms with E-state index in [0.717, 1.165) is 16.7 Å². The Kier molecular flexibility index (Phi) is 24.0. The minimum atomic E-state index is -5.85. The zero-order valence-corrected chi connectivity index (χ0v) is 47.9. The molecule has 1 aromatic heterocycles. The number of hydrogen-bond acceptors (Lipinski definition) is 22. The normalized spacial score (nSPS) is 21.4. The first-order valence-electron chi connectivity index (χ1n) is 25.6. The van der Waals surface area contributed by atoms with Crippen LogP contribution in [0, 0.1) is 5.92 Å². The molecule has 2 heterocycles. The van der Waals surface area contributed by atoms with E-state index in [0.29, 0.717) is 41.2 Å². The highest BCUT2D eigenvalue weighted by Crippen LogP contribution is 2.53. The number of likely N-dealkylation sites (tertiary alicyclic amines) is 1. The second-order valence-corrected chi connectivity index (χ2v) is 23.9. The van der Waals surface area contributed by atoms with Crippen LogP contribution in [0.1, 0.15) is 70.3 Å². The summed E-state index contributed by atoms with van der Waals surface area (Å²) < 4.78 is 87.3. The number of esters is 2. The van der Waals surface area contributed by atoms with Gasteiger partial charge in [0.1, 0.15) is 49.1 Å². The molecule has 6 rings (SSSR count). The van der Waals surface area contributed by atoms with Crippen molar-refractivity contribution in [1.29, 1.82) is 0 Å². The number of carbonyl (C=O) groups is 6. The molecule has 32 nitrogen and oxygen atoms in total. The first-order chi connectivity index (χ1) is 39.5. The summed E-state index contributed by atoms with van der Waals surface area (Å²) in [6, 6.07) is 23.3. The van der Waals surface area contributed by atoms with Gasteiger partial charge in [0.2, 0.25) is 23.6 Å². The largest absolute Gasteiger partial charge is 0.472 e. The molecule has 1 aliphatic carbocycles. The number of ether oxygens (including phenoxy) is 2. The lowest BCUT2D eigenvalue weighted by molar-refractivity contribution is -0.209. The fourth-order valence-electron chi connectivity index (χ4n) is 8.48. The zero-order chi connectivity index (χ0) is 61.6. The highest BCUT2D eigenvalue weighted by molar-refractivity contribution is 7.47. The maximum Gasteiger partial charge on any atom is 0.472 e. The number of nitrogens with zero attached hydrogens (tertiary/aromatic N) is 3. The highest BCUT2D eigenvalue weighted by atomic mass is 31.2. The molecule has 7 atom stereocenters. The van der Waals surface area contributed by atoms with Gasteiger partial charge in [-0.2, -0.15) is 4.90 Å². The number of carbonyl (C=O) groups excluding carboxylic acids is 6. The van der Waals surface area contributed by atoms with Gasteiger partial charge in [0.05, 0.1) is 6.61 Å². The number of imide groups is 3. The van der Waals surface area contributed by atoms with Gasteiger partial charge in [0.15, 0.2) is 6.10 Å². The molecule has 2 aliphatic rings. The van der Waals surface area contributed by atoms with Crippen LogP contribution in [0.3, 0.4) is 0 Å². The molecule has 7 unspecified atom stereocenters. The lowest BCUT2D eigenvalue weighted by Crippen LogP contribution is -2.65. The maximum absolute atomic E-state index is 13.2. The molecule has 36 heteroatoms. The number of aliphatic hydroxyl groups excluding tert-OH is 2. The van der Waals surface area contributed by atoms with Crippen molar-refractivity contribution in [2.24, 2.45) is 5.92 Å². The lowest BCUT2D eigenvalue weighted by Gasteiger charge is -2.45. The summed E-state index contributed by atoms with van der Waals surface area (Å²) in [6.45, 7) is -0.219. The number of rotatable bonds is 30. The van der Waals surface area contributed by atoms with Crippen LogP contribution in [0.5, 0.6) is 0 Å². The maximum atomic E-state index is 13.2. The topological polar surface area (TPSA) is 484 Å². The van der Waals surface area contributed by atoms with Gasteiger partial charge in [-0.1, -0.05) is 80.8 Å². The fraction of sp³-hybridized carbons (Fsp3) is 0.458. The molecular weight excluding hydrogens is 1200 g/mol. The van der Waals surface area contributed by atoms with Crippen molar-refractivity contribution in [3.63, 3.8) is 0 Å². The van der Waals surface area contributed by atoms with Crippen molar-refractivity contribution in [1.82, 2.24) is 25.7 Å². The minimum Gasteiger partial charge on any atom is -0.462 e. The van der Waals surface area contributed by atoms with Gasteiger partial charge in [0, 0.05) is 43.5 Å². The summed E-state index contributed by atoms with van der Waals surface area (Å²) in [7, 11) is -23.3. The number of aromatic nitrogens is 2. The Labute approximate surface area is 477 Å². The van der Waals surface area contributed by atoms with Crippen LogP contribution in [0.25, 0.3) is 34.0 Å². The molecule has 460 valence electrons. The molecule has 0 spiro atoms. The molecule has 5 amide bonds. The van der Waals surface area contributed by atoms with E-state index in [2.05, 4.69) is 34.4 Å². The van der Waals surface area contributed by atoms with Gasteiger partial charge in [-0.15, -0.1) is 10.2 Å². The third-order valence-electron chi connectivity index (χ3n) is 12.5. The van der Waals surface area contributed by atoms with Gasteiger partial charge >= 0.3 is 49.3 Å². The van der Waals surface area contributed by atoms with E-state index in [1.54, 1.807) is 24.3 Å². The predicted molar refractivity (Wildman–Crippen MR) is 283 cm³/mol. The summed E-state index contributed by atoms with van der Waals surface area (Å²) in [5.41, 5.74) is 4.05. The first kappa shape index (κ1) is 67.3. The quantitative estimate of drug-likeness (QED) is 0.0117. The van der Waals surface area contributed by atoms with Crippen molar-refractivity contribution in [2.45, 2.75) is 114 Å². The summed E-state index contributed by atoms with van der Waals surface area (Å²) in [4.78, 5) is 145. The minimum absolute atomic E-state index is 0.0193. The predicted octanol–water partition coefficient (Wildman–Crippen LogP) is 3.04. The monoisotopic (exact) mass is 1260 g/mol. The van der Waals surface area contributed by atoms with E-state index >= 15 is 0 Å². The van der Waals surface area contributed by atoms with E-state index in [-0.39, 0.29) is 51.1 Å². The van der Waals surface area contributed by atoms with Gasteiger partial charge < -0.3 is 69.0 Å². The molecule has 84 heavy (non-hydrogen) atoms. The van der Waals surface area contributed by atoms with Crippen molar-refractivity contribution >= 4 is 67.0 Å². The Morgan fingerprint density at radius 1 is 0.631 bits per heavy atom. The van der Waals surface area contributed by atoms with Gasteiger partial charge in [0.25, 0.3) is 5.91 Å². The van der Waals surface area contributed by atoms with Crippen molar-refractivity contribution < 1.29 is 128 Å². The Bertz CT molecular complexity index is 3080. The molecular formula is C48H61N5O27P4. The molecule has 0 radical (unpaired) electrons. The number of hydrogen-bond donors (Lipinski definition) is 11. The number of phosphoric acid groups is 4. The number of amides is 5. The number of urea groups is 1. The van der Waals surface area contributed by atoms with Crippen LogP contribution in [-0.2, 0) is 80.9 Å². The number of phosphoric ester groups is 4. The van der Waals surface area contributed by atoms with Gasteiger partial charge in [-0.3, -0.25) is 46.6 Å². The molecule has 2 fully saturated rings. The molecule has 4 aromatic rings. The fourth-order valence-corrected chi connectivity index (χ4v) is 11.1. The van der Waals surface area contributed by atoms with Crippen LogP contribution in [-0.4, -0.2) is 158 Å². The number of benzene rings is 3. The van der Waals surface area contributed by atoms with Crippen LogP contribution in [0.2, 0.25) is 0 Å². The van der Waals surface area contributed by atoms with Gasteiger partial charge in [-0.05, 0) is 60.2 Å². The van der Waals surface area contributed by atoms with Crippen molar-refractivity contribution in [3.8, 4) is 34.0 Å². The van der Waals surface area contributed by atoms with E-state index in [9.17, 15) is 91.5 Å². The molecule has 1 aliphatic heterocycles. The van der Waals surface area contributed by atoms with E-state index in [1.807, 2.05) is 61.5 Å². The van der Waals surface area contributed by atoms with Crippen LogP contribution in [0.15, 0.2) is 83.3 Å². The summed E-state index contributed by atoms with van der Waals surface area (Å²) >= 11 is 0. The number of nitrogens with one attached hydrogen (secondary N) is 2. The van der Waals surface area contributed by atoms with E-state index in [1.165, 1.54) is 0 Å². The number of unbranched alkanes of at least 4 members (excludes halogenated alkanes) is 4. The lowest BCUT2D eigenvalue weighted by atomic mass is 9.85. The average Bonchev–Trinajstić information content (AvgIpc) is 3.53. The first-order valence-corrected chi connectivity index (χ1v) is 31.7. The Hall–Kier alpha value is -5.82. The molecule has 1 saturated carbocycles. The number of aliphatic hydroxyl groups is 2. The van der Waals surface area contributed by atoms with Crippen LogP contribution < -0.4 is 10.6 Å². The van der Waals surface area contributed by atoms with Crippen LogP contribution >= 0.6 is 31.3 Å². The van der Waals surface area contributed by atoms with E-state index in [4.69, 9.17) is 22.9 Å². The second-order valence-electron chi connectivity index (χ2n) is 18.9. The third kappa shape index (κ3) is 20.4. The molecule has 3 aromatic carbocycles. The Balaban J connectivity index is 0.930. The summed E-state index contributed by atoms with van der Waals surface area (Å²) in [5.74, 6) is -5.37. The zero-order valence-electron chi connectivity index (χ0n) is 44.3. The third-order valence-corrected chi connectivity index (χ3v) is 15.0. The SMILES string of the molecule is CCCCCC(=O)OC(COC(=O)CCCCCNC(=O)N1C(=O)CC(C(=O)NCc2ccc(-c3nnc(-c4ccc(-c5ccccc5)cc4)o3)cc2)C1=O)COP(=O)(O)OC1C(O)C(OP(=O)(O)O)C(OP(=O)(O)O)C(OP(=O)(O)O)C1O. The molecule has 11 N–H and O–H groups in total. The Morgan fingerprint density at radius 2 is 1.15 bits per heavy atom. The molecule has 1 saturated heterocycles. The van der Waals surface area contributed by atoms with E-state index < -0.39 is 135 Å². The van der Waals surface area contributed by atoms with Crippen molar-refractivity contribution in [3.05, 3.63) is 84.4 Å². The molecule has 0 bridgehead atoms. The summed E-state index contributed by atoms with van der Waals surface area (Å²) in [5, 5.41) is 35.1. The summed E-state index contributed by atoms with van der Waals surface area (Å²) in [6.07, 6.45) is -17.3. The highest BCUT2D eigenvalue weighted by Gasteiger charge is 2.59. The Morgan fingerprint density at radius 3 is 1.73 bits per heavy atom. The smallest absolute Gasteiger partial charge is 0.462 e. The average molecular weight is 1260 g/mol. The van der Waals surface area contributed by atoms with Crippen LogP contribution in [0.4, 0.5) is 4.79 Å². The standard InChI is InChI=1S/C48H61N5O27P4/c1-2-3-6-14-37(56)75-33(27-74-84(71,72)80-40-38(57)41(77-81(62,63)64)43(79-83(68,69)70)42(39(40)58)78-82(65,66)67)26-73-36(55)13-9-5-10-23-49-48(61)53-35(54)24-34(47(53)60)44(59)50-25-28-15-17-31(18-16-28)45-51-52-46(76-45)32-21-19-30(20-22-32)29-11-7-4-8-12-29/h4,7-8,11-12,15-22,33-34,38-43,57-58H,2-3,5-6,9-10,13-14,23-27H2,1H3,(H,49,61)(H,50,59)(H,71,72)(H2,62,63,64)(H2,65,66,67)(H2,68,69,70). The van der Waals surface area contributed by atoms with Gasteiger partial charge in [-0.25, -0.2) is 23.1 Å².